The van der Waals surface area contributed by atoms with E-state index in [1.807, 2.05) is 35.0 Å². The number of hydrogen-bond donors (Lipinski definition) is 0. The molecule has 5 heteroatoms. The molecule has 136 valence electrons. The first kappa shape index (κ1) is 18.3. The van der Waals surface area contributed by atoms with Crippen LogP contribution >= 0.6 is 0 Å². The van der Waals surface area contributed by atoms with Crippen LogP contribution in [-0.2, 0) is 12.0 Å². The van der Waals surface area contributed by atoms with Gasteiger partial charge in [-0.2, -0.15) is 4.68 Å². The summed E-state index contributed by atoms with van der Waals surface area (Å²) in [5.41, 5.74) is 3.79. The van der Waals surface area contributed by atoms with Crippen molar-refractivity contribution in [1.82, 2.24) is 25.1 Å². The number of rotatable bonds is 5. The lowest BCUT2D eigenvalue weighted by Crippen LogP contribution is -2.25. The van der Waals surface area contributed by atoms with Crippen molar-refractivity contribution in [3.8, 4) is 5.69 Å². The van der Waals surface area contributed by atoms with Gasteiger partial charge in [0.25, 0.3) is 0 Å². The van der Waals surface area contributed by atoms with Gasteiger partial charge < -0.3 is 0 Å². The number of tetrazole rings is 1. The highest BCUT2D eigenvalue weighted by atomic mass is 15.6. The molecule has 0 saturated carbocycles. The van der Waals surface area contributed by atoms with E-state index in [1.165, 1.54) is 11.1 Å². The van der Waals surface area contributed by atoms with Gasteiger partial charge in [0.2, 0.25) is 0 Å². The normalized spacial score (nSPS) is 13.2. The summed E-state index contributed by atoms with van der Waals surface area (Å²) in [7, 11) is 2.10. The van der Waals surface area contributed by atoms with E-state index < -0.39 is 0 Å². The van der Waals surface area contributed by atoms with Crippen molar-refractivity contribution in [2.75, 3.05) is 7.05 Å². The van der Waals surface area contributed by atoms with Crippen LogP contribution in [0.5, 0.6) is 0 Å². The fourth-order valence-corrected chi connectivity index (χ4v) is 2.94. The summed E-state index contributed by atoms with van der Waals surface area (Å²) in [5.74, 6) is 0.838. The average molecular weight is 349 g/mol. The van der Waals surface area contributed by atoms with Gasteiger partial charge in [0.05, 0.1) is 11.7 Å². The monoisotopic (exact) mass is 349 g/mol. The number of para-hydroxylation sites is 1. The van der Waals surface area contributed by atoms with Gasteiger partial charge in [0, 0.05) is 6.54 Å². The maximum atomic E-state index is 4.26. The quantitative estimate of drug-likeness (QED) is 0.694. The maximum absolute atomic E-state index is 4.26. The smallest absolute Gasteiger partial charge is 0.173 e. The molecule has 1 heterocycles. The number of nitrogens with zero attached hydrogens (tertiary/aromatic N) is 5. The molecule has 0 fully saturated rings. The Morgan fingerprint density at radius 3 is 2.27 bits per heavy atom. The van der Waals surface area contributed by atoms with Crippen LogP contribution in [0.3, 0.4) is 0 Å². The minimum absolute atomic E-state index is 0.0903. The van der Waals surface area contributed by atoms with Crippen LogP contribution in [0.2, 0.25) is 0 Å². The summed E-state index contributed by atoms with van der Waals surface area (Å²) in [5, 5.41) is 12.3. The van der Waals surface area contributed by atoms with Crippen LogP contribution in [0.4, 0.5) is 0 Å². The molecule has 0 amide bonds. The summed E-state index contributed by atoms with van der Waals surface area (Å²) in [6.07, 6.45) is 0. The molecule has 2 aromatic carbocycles. The maximum Gasteiger partial charge on any atom is 0.173 e. The molecule has 0 N–H and O–H groups in total. The fourth-order valence-electron chi connectivity index (χ4n) is 2.94. The summed E-state index contributed by atoms with van der Waals surface area (Å²) >= 11 is 0. The number of hydrogen-bond acceptors (Lipinski definition) is 4. The highest BCUT2D eigenvalue weighted by Gasteiger charge is 2.20. The van der Waals surface area contributed by atoms with E-state index in [4.69, 9.17) is 0 Å². The predicted molar refractivity (Wildman–Crippen MR) is 104 cm³/mol. The van der Waals surface area contributed by atoms with Gasteiger partial charge in [-0.05, 0) is 53.1 Å². The first-order valence-corrected chi connectivity index (χ1v) is 8.99. The molecule has 26 heavy (non-hydrogen) atoms. The molecular weight excluding hydrogens is 322 g/mol. The van der Waals surface area contributed by atoms with Gasteiger partial charge in [-0.1, -0.05) is 63.2 Å². The molecule has 3 aromatic rings. The molecule has 0 aliphatic heterocycles. The second-order valence-electron chi connectivity index (χ2n) is 7.82. The molecule has 1 atom stereocenters. The Hall–Kier alpha value is -2.53. The lowest BCUT2D eigenvalue weighted by molar-refractivity contribution is 0.240. The summed E-state index contributed by atoms with van der Waals surface area (Å²) < 4.78 is 1.81. The van der Waals surface area contributed by atoms with Crippen LogP contribution in [0.25, 0.3) is 5.69 Å². The molecule has 1 aromatic heterocycles. The Morgan fingerprint density at radius 2 is 1.65 bits per heavy atom. The average Bonchev–Trinajstić information content (AvgIpc) is 3.11. The third-order valence-electron chi connectivity index (χ3n) is 4.78. The lowest BCUT2D eigenvalue weighted by atomic mass is 9.87. The van der Waals surface area contributed by atoms with Gasteiger partial charge in [0.1, 0.15) is 0 Å². The molecule has 0 bridgehead atoms. The van der Waals surface area contributed by atoms with Gasteiger partial charge in [-0.3, -0.25) is 4.90 Å². The first-order valence-electron chi connectivity index (χ1n) is 8.99. The largest absolute Gasteiger partial charge is 0.292 e. The van der Waals surface area contributed by atoms with Crippen molar-refractivity contribution in [2.45, 2.75) is 45.7 Å². The minimum Gasteiger partial charge on any atom is -0.292 e. The molecule has 0 aliphatic carbocycles. The first-order chi connectivity index (χ1) is 12.4. The van der Waals surface area contributed by atoms with E-state index in [0.29, 0.717) is 0 Å². The molecule has 5 nitrogen and oxygen atoms in total. The van der Waals surface area contributed by atoms with Gasteiger partial charge in [-0.25, -0.2) is 0 Å². The minimum atomic E-state index is 0.0903. The zero-order valence-corrected chi connectivity index (χ0v) is 16.2. The molecular formula is C21H27N5. The second-order valence-corrected chi connectivity index (χ2v) is 7.82. The SMILES string of the molecule is C[C@H](c1nnnn1-c1ccccc1)N(C)Cc1ccc(C(C)(C)C)cc1. The van der Waals surface area contributed by atoms with Crippen LogP contribution in [-0.4, -0.2) is 32.2 Å². The van der Waals surface area contributed by atoms with E-state index in [1.54, 1.807) is 0 Å². The van der Waals surface area contributed by atoms with E-state index in [-0.39, 0.29) is 11.5 Å². The molecule has 0 aliphatic rings. The highest BCUT2D eigenvalue weighted by molar-refractivity contribution is 5.31. The van der Waals surface area contributed by atoms with Crippen molar-refractivity contribution in [2.24, 2.45) is 0 Å². The standard InChI is InChI=1S/C21H27N5/c1-16(20-22-23-24-26(20)19-9-7-6-8-10-19)25(5)15-17-11-13-18(14-12-17)21(2,3)4/h6-14,16H,15H2,1-5H3/t16-/m1/s1. The van der Waals surface area contributed by atoms with Crippen molar-refractivity contribution >= 4 is 0 Å². The van der Waals surface area contributed by atoms with Gasteiger partial charge in [0.15, 0.2) is 5.82 Å². The number of aromatic nitrogens is 4. The van der Waals surface area contributed by atoms with Gasteiger partial charge >= 0.3 is 0 Å². The molecule has 0 unspecified atom stereocenters. The van der Waals surface area contributed by atoms with Crippen molar-refractivity contribution in [3.63, 3.8) is 0 Å². The van der Waals surface area contributed by atoms with Gasteiger partial charge in [-0.15, -0.1) is 5.10 Å². The summed E-state index contributed by atoms with van der Waals surface area (Å²) in [6, 6.07) is 19.0. The van der Waals surface area contributed by atoms with E-state index in [2.05, 4.69) is 79.4 Å². The van der Waals surface area contributed by atoms with Crippen molar-refractivity contribution in [1.29, 1.82) is 0 Å². The zero-order valence-electron chi connectivity index (χ0n) is 16.2. The van der Waals surface area contributed by atoms with Crippen LogP contribution in [0, 0.1) is 0 Å². The number of benzene rings is 2. The summed E-state index contributed by atoms with van der Waals surface area (Å²) in [4.78, 5) is 2.26. The molecule has 0 spiro atoms. The Labute approximate surface area is 155 Å². The lowest BCUT2D eigenvalue weighted by Gasteiger charge is -2.24. The molecule has 0 radical (unpaired) electrons. The second kappa shape index (κ2) is 7.38. The Bertz CT molecular complexity index is 831. The predicted octanol–water partition coefficient (Wildman–Crippen LogP) is 4.15. The Balaban J connectivity index is 1.75. The zero-order chi connectivity index (χ0) is 18.7. The third-order valence-corrected chi connectivity index (χ3v) is 4.78. The fraction of sp³-hybridized carbons (Fsp3) is 0.381. The van der Waals surface area contributed by atoms with Crippen LogP contribution in [0.15, 0.2) is 54.6 Å². The van der Waals surface area contributed by atoms with Crippen molar-refractivity contribution < 1.29 is 0 Å². The highest BCUT2D eigenvalue weighted by Crippen LogP contribution is 2.24. The Morgan fingerprint density at radius 1 is 1.00 bits per heavy atom. The van der Waals surface area contributed by atoms with Crippen LogP contribution < -0.4 is 0 Å². The summed E-state index contributed by atoms with van der Waals surface area (Å²) in [6.45, 7) is 9.68. The third kappa shape index (κ3) is 3.99. The Kier molecular flexibility index (Phi) is 5.18. The topological polar surface area (TPSA) is 46.8 Å². The van der Waals surface area contributed by atoms with Crippen LogP contribution in [0.1, 0.15) is 50.7 Å². The van der Waals surface area contributed by atoms with E-state index in [9.17, 15) is 0 Å². The molecule has 0 saturated heterocycles. The van der Waals surface area contributed by atoms with E-state index >= 15 is 0 Å². The van der Waals surface area contributed by atoms with E-state index in [0.717, 1.165) is 18.1 Å². The molecule has 3 rings (SSSR count). The van der Waals surface area contributed by atoms with Crippen molar-refractivity contribution in [3.05, 3.63) is 71.5 Å².